The van der Waals surface area contributed by atoms with E-state index in [2.05, 4.69) is 36.4 Å². The van der Waals surface area contributed by atoms with E-state index in [9.17, 15) is 24.3 Å². The van der Waals surface area contributed by atoms with E-state index in [0.717, 1.165) is 92.5 Å². The fourth-order valence-corrected chi connectivity index (χ4v) is 10.1. The van der Waals surface area contributed by atoms with Crippen molar-refractivity contribution in [3.05, 3.63) is 142 Å². The number of phenols is 1. The number of hydrogen-bond donors (Lipinski definition) is 2. The molecule has 64 heavy (non-hydrogen) atoms. The minimum Gasteiger partial charge on any atom is -0.508 e. The monoisotopic (exact) mass is 875 g/mol. The Labute approximate surface area is 377 Å². The number of aldehydes is 1. The highest BCUT2D eigenvalue weighted by molar-refractivity contribution is 6.02. The number of aromatic hydroxyl groups is 1. The number of hydrogen-bond acceptors (Lipinski definition) is 7. The van der Waals surface area contributed by atoms with E-state index in [1.807, 2.05) is 37.0 Å². The third kappa shape index (κ3) is 10.6. The Hall–Kier alpha value is -5.88. The van der Waals surface area contributed by atoms with E-state index in [-0.39, 0.29) is 40.6 Å². The number of benzene rings is 3. The zero-order chi connectivity index (χ0) is 46.1. The lowest BCUT2D eigenvalue weighted by molar-refractivity contribution is -0.118. The third-order valence-corrected chi connectivity index (χ3v) is 13.9. The predicted octanol–water partition coefficient (Wildman–Crippen LogP) is 8.84. The summed E-state index contributed by atoms with van der Waals surface area (Å²) in [6.07, 6.45) is 15.8. The first kappa shape index (κ1) is 47.6. The van der Waals surface area contributed by atoms with Crippen molar-refractivity contribution in [2.45, 2.75) is 90.8 Å². The maximum absolute atomic E-state index is 15.9. The molecule has 3 aromatic rings. The van der Waals surface area contributed by atoms with Crippen LogP contribution >= 0.6 is 0 Å². The van der Waals surface area contributed by atoms with Crippen LogP contribution in [-0.4, -0.2) is 90.6 Å². The standard InChI is InChI=1S/C33H40F2N2O.C19H23N3O4/c1-4-7-23(8-5-2)27-11-9-24-19-26(38)10-12-28(24)31(27)25-20-29(34)32(30(35)21-25)37-18-15-33(22-37)13-16-36(6-3)17-14-33;1-13(20-11-24)4-5-14(2)21(3)19(26)18-7-16-9-22(12-25)8-15(16)6-17(18)10-23/h4-5,7-8,10,12,19-21,27,31,38H,1,6,9,11,13-18,22H2,2-3H3;6-7,10-12,14H,1,4-5,8-9H2,2-3H3,(H,20,24)/b8-5-,23-7+;/t27-,31+;/m1./s1. The van der Waals surface area contributed by atoms with Gasteiger partial charge in [-0.25, -0.2) is 8.78 Å². The molecule has 0 aromatic heterocycles. The molecule has 2 fully saturated rings. The highest BCUT2D eigenvalue weighted by atomic mass is 19.1. The molecular formula is C52H63F2N5O5. The third-order valence-electron chi connectivity index (χ3n) is 13.9. The van der Waals surface area contributed by atoms with Gasteiger partial charge in [-0.05, 0) is 160 Å². The van der Waals surface area contributed by atoms with Gasteiger partial charge < -0.3 is 30.0 Å². The summed E-state index contributed by atoms with van der Waals surface area (Å²) in [7, 11) is 1.68. The Kier molecular flexibility index (Phi) is 15.8. The Morgan fingerprint density at radius 1 is 1.02 bits per heavy atom. The van der Waals surface area contributed by atoms with Crippen molar-refractivity contribution in [3.8, 4) is 5.75 Å². The van der Waals surface area contributed by atoms with Gasteiger partial charge in [-0.3, -0.25) is 19.2 Å². The number of halogens is 2. The van der Waals surface area contributed by atoms with Crippen molar-refractivity contribution in [2.24, 2.45) is 11.3 Å². The van der Waals surface area contributed by atoms with E-state index in [1.165, 1.54) is 0 Å². The zero-order valence-corrected chi connectivity index (χ0v) is 37.8. The molecule has 3 aliphatic heterocycles. The van der Waals surface area contributed by atoms with Crippen molar-refractivity contribution in [1.29, 1.82) is 0 Å². The molecule has 1 unspecified atom stereocenters. The molecule has 3 heterocycles. The van der Waals surface area contributed by atoms with E-state index < -0.39 is 11.6 Å². The van der Waals surface area contributed by atoms with E-state index in [4.69, 9.17) is 0 Å². The normalized spacial score (nSPS) is 19.6. The van der Waals surface area contributed by atoms with Gasteiger partial charge in [0.2, 0.25) is 12.8 Å². The van der Waals surface area contributed by atoms with E-state index in [0.29, 0.717) is 67.6 Å². The number of phenolic OH excluding ortho intramolecular Hbond substituents is 1. The average Bonchev–Trinajstić information content (AvgIpc) is 3.90. The number of amides is 3. The summed E-state index contributed by atoms with van der Waals surface area (Å²) in [5.41, 5.74) is 7.11. The first-order valence-electron chi connectivity index (χ1n) is 22.5. The summed E-state index contributed by atoms with van der Waals surface area (Å²) in [5.74, 6) is -1.16. The first-order chi connectivity index (χ1) is 30.8. The molecule has 12 heteroatoms. The summed E-state index contributed by atoms with van der Waals surface area (Å²) in [6.45, 7) is 19.2. The SMILES string of the molecule is C=C(CCC(C)N(C)C(=O)c1cc2c(cc1C=O)CN(C=O)C2)NC=O.C=C/C=C(\C=C/C)[C@H]1CCc2cc(O)ccc2[C@H]1c1cc(F)c(N2CCC3(CCN(CC)CC3)C2)c(F)c1. The highest BCUT2D eigenvalue weighted by Crippen LogP contribution is 2.48. The van der Waals surface area contributed by atoms with Crippen LogP contribution in [0.15, 0.2) is 91.2 Å². The fourth-order valence-electron chi connectivity index (χ4n) is 10.1. The van der Waals surface area contributed by atoms with Gasteiger partial charge in [0.1, 0.15) is 23.1 Å². The van der Waals surface area contributed by atoms with Crippen LogP contribution in [0.3, 0.4) is 0 Å². The Balaban J connectivity index is 0.000000229. The lowest BCUT2D eigenvalue weighted by Gasteiger charge is -2.39. The minimum absolute atomic E-state index is 0.0460. The number of aryl methyl sites for hydroxylation is 1. The number of carbonyl (C=O) groups is 4. The quantitative estimate of drug-likeness (QED) is 0.116. The number of rotatable bonds is 15. The number of nitrogens with one attached hydrogen (secondary N) is 1. The molecule has 2 saturated heterocycles. The Morgan fingerprint density at radius 3 is 2.33 bits per heavy atom. The van der Waals surface area contributed by atoms with Crippen molar-refractivity contribution in [1.82, 2.24) is 20.0 Å². The van der Waals surface area contributed by atoms with Gasteiger partial charge in [-0.2, -0.15) is 0 Å². The summed E-state index contributed by atoms with van der Waals surface area (Å²) in [4.78, 5) is 53.3. The van der Waals surface area contributed by atoms with Gasteiger partial charge in [-0.15, -0.1) is 0 Å². The maximum Gasteiger partial charge on any atom is 0.254 e. The van der Waals surface area contributed by atoms with Crippen LogP contribution < -0.4 is 10.2 Å². The van der Waals surface area contributed by atoms with Crippen LogP contribution in [0.25, 0.3) is 0 Å². The van der Waals surface area contributed by atoms with Crippen LogP contribution in [0, 0.1) is 23.0 Å². The summed E-state index contributed by atoms with van der Waals surface area (Å²) in [6, 6.07) is 11.8. The zero-order valence-electron chi connectivity index (χ0n) is 37.8. The van der Waals surface area contributed by atoms with Gasteiger partial charge in [-0.1, -0.05) is 50.5 Å². The number of allylic oxidation sites excluding steroid dienone is 6. The molecule has 1 spiro atoms. The first-order valence-corrected chi connectivity index (χ1v) is 22.5. The molecule has 340 valence electrons. The molecule has 4 aliphatic rings. The fraction of sp³-hybridized carbons (Fsp3) is 0.423. The molecule has 7 rings (SSSR count). The predicted molar refractivity (Wildman–Crippen MR) is 248 cm³/mol. The van der Waals surface area contributed by atoms with E-state index in [1.54, 1.807) is 59.3 Å². The van der Waals surface area contributed by atoms with Crippen molar-refractivity contribution >= 4 is 30.7 Å². The molecule has 1 aliphatic carbocycles. The number of fused-ring (bicyclic) bond motifs is 2. The molecular weight excluding hydrogens is 813 g/mol. The van der Waals surface area contributed by atoms with Crippen LogP contribution in [0.1, 0.15) is 114 Å². The number of nitrogens with zero attached hydrogens (tertiary/aromatic N) is 4. The van der Waals surface area contributed by atoms with Crippen LogP contribution in [0.2, 0.25) is 0 Å². The van der Waals surface area contributed by atoms with Crippen molar-refractivity contribution in [2.75, 3.05) is 44.7 Å². The Bertz CT molecular complexity index is 2280. The highest BCUT2D eigenvalue weighted by Gasteiger charge is 2.42. The summed E-state index contributed by atoms with van der Waals surface area (Å²) < 4.78 is 31.8. The summed E-state index contributed by atoms with van der Waals surface area (Å²) in [5, 5.41) is 12.6. The van der Waals surface area contributed by atoms with Gasteiger partial charge in [0, 0.05) is 56.4 Å². The largest absolute Gasteiger partial charge is 0.508 e. The molecule has 3 amide bonds. The number of anilines is 1. The topological polar surface area (TPSA) is 113 Å². The number of likely N-dealkylation sites (tertiary alicyclic amines) is 1. The Morgan fingerprint density at radius 2 is 1.70 bits per heavy atom. The van der Waals surface area contributed by atoms with Gasteiger partial charge in [0.25, 0.3) is 5.91 Å². The molecule has 3 aromatic carbocycles. The average molecular weight is 876 g/mol. The second-order valence-corrected chi connectivity index (χ2v) is 17.9. The molecule has 0 bridgehead atoms. The molecule has 2 N–H and O–H groups in total. The number of carbonyl (C=O) groups excluding carboxylic acids is 4. The van der Waals surface area contributed by atoms with Gasteiger partial charge >= 0.3 is 0 Å². The molecule has 0 saturated carbocycles. The second-order valence-electron chi connectivity index (χ2n) is 17.9. The lowest BCUT2D eigenvalue weighted by atomic mass is 9.68. The smallest absolute Gasteiger partial charge is 0.254 e. The minimum atomic E-state index is -0.479. The summed E-state index contributed by atoms with van der Waals surface area (Å²) >= 11 is 0. The molecule has 0 radical (unpaired) electrons. The number of piperidine rings is 1. The lowest BCUT2D eigenvalue weighted by Crippen LogP contribution is -2.41. The van der Waals surface area contributed by atoms with Gasteiger partial charge in [0.15, 0.2) is 6.29 Å². The van der Waals surface area contributed by atoms with Crippen molar-refractivity contribution in [3.63, 3.8) is 0 Å². The maximum atomic E-state index is 15.9. The van der Waals surface area contributed by atoms with Crippen LogP contribution in [-0.2, 0) is 29.1 Å². The molecule has 10 nitrogen and oxygen atoms in total. The van der Waals surface area contributed by atoms with Crippen LogP contribution in [0.4, 0.5) is 14.5 Å². The van der Waals surface area contributed by atoms with E-state index >= 15 is 8.78 Å². The van der Waals surface area contributed by atoms with Crippen molar-refractivity contribution < 1.29 is 33.1 Å². The second kappa shape index (κ2) is 21.2. The van der Waals surface area contributed by atoms with Gasteiger partial charge in [0.05, 0.1) is 5.56 Å². The van der Waals surface area contributed by atoms with Crippen LogP contribution in [0.5, 0.6) is 5.75 Å². The molecule has 3 atom stereocenters.